The third-order valence-electron chi connectivity index (χ3n) is 5.38. The first-order valence-corrected chi connectivity index (χ1v) is 9.96. The van der Waals surface area contributed by atoms with Crippen molar-refractivity contribution in [2.45, 2.75) is 31.7 Å². The van der Waals surface area contributed by atoms with Gasteiger partial charge in [0.2, 0.25) is 5.91 Å². The molecule has 1 N–H and O–H groups in total. The van der Waals surface area contributed by atoms with Gasteiger partial charge in [-0.25, -0.2) is 0 Å². The average molecular weight is 398 g/mol. The van der Waals surface area contributed by atoms with Crippen molar-refractivity contribution >= 4 is 35.0 Å². The van der Waals surface area contributed by atoms with E-state index in [2.05, 4.69) is 5.32 Å². The van der Waals surface area contributed by atoms with E-state index in [1.807, 2.05) is 11.9 Å². The predicted octanol–water partition coefficient (Wildman–Crippen LogP) is 3.06. The lowest BCUT2D eigenvalue weighted by atomic mass is 9.96. The Morgan fingerprint density at radius 3 is 2.50 bits per heavy atom. The van der Waals surface area contributed by atoms with Crippen LogP contribution in [0.4, 0.5) is 0 Å². The molecule has 0 saturated carbocycles. The third-order valence-corrected chi connectivity index (χ3v) is 6.12. The zero-order valence-electron chi connectivity index (χ0n) is 15.0. The highest BCUT2D eigenvalue weighted by Crippen LogP contribution is 2.27. The van der Waals surface area contributed by atoms with E-state index in [1.54, 1.807) is 23.1 Å². The van der Waals surface area contributed by atoms with E-state index in [1.165, 1.54) is 0 Å². The van der Waals surface area contributed by atoms with Gasteiger partial charge >= 0.3 is 0 Å². The molecular weight excluding hydrogens is 373 g/mol. The van der Waals surface area contributed by atoms with Gasteiger partial charge in [-0.05, 0) is 63.4 Å². The second kappa shape index (κ2) is 8.59. The van der Waals surface area contributed by atoms with Gasteiger partial charge < -0.3 is 15.1 Å². The molecule has 2 aliphatic rings. The van der Waals surface area contributed by atoms with E-state index < -0.39 is 0 Å². The Balaban J connectivity index is 1.66. The summed E-state index contributed by atoms with van der Waals surface area (Å²) in [5, 5.41) is 3.98. The summed E-state index contributed by atoms with van der Waals surface area (Å²) in [6.45, 7) is 3.14. The van der Waals surface area contributed by atoms with Crippen LogP contribution >= 0.6 is 23.2 Å². The minimum absolute atomic E-state index is 0.0822. The molecule has 0 aromatic heterocycles. The molecule has 7 heteroatoms. The number of nitrogens with zero attached hydrogens (tertiary/aromatic N) is 2. The molecule has 2 aliphatic heterocycles. The Morgan fingerprint density at radius 2 is 1.85 bits per heavy atom. The van der Waals surface area contributed by atoms with E-state index in [0.29, 0.717) is 28.1 Å². The fourth-order valence-electron chi connectivity index (χ4n) is 3.92. The number of hydrogen-bond donors (Lipinski definition) is 1. The van der Waals surface area contributed by atoms with Crippen LogP contribution in [0.15, 0.2) is 18.2 Å². The Hall–Kier alpha value is -1.30. The highest BCUT2D eigenvalue weighted by molar-refractivity contribution is 6.42. The van der Waals surface area contributed by atoms with Crippen LogP contribution < -0.4 is 5.32 Å². The van der Waals surface area contributed by atoms with Gasteiger partial charge in [-0.2, -0.15) is 0 Å². The van der Waals surface area contributed by atoms with Gasteiger partial charge in [0.25, 0.3) is 5.91 Å². The highest BCUT2D eigenvalue weighted by Gasteiger charge is 2.37. The zero-order chi connectivity index (χ0) is 18.7. The Labute approximate surface area is 164 Å². The van der Waals surface area contributed by atoms with Crippen LogP contribution in [-0.4, -0.2) is 60.9 Å². The molecule has 5 nitrogen and oxygen atoms in total. The van der Waals surface area contributed by atoms with E-state index in [0.717, 1.165) is 45.3 Å². The molecule has 3 rings (SSSR count). The monoisotopic (exact) mass is 397 g/mol. The molecule has 1 aromatic carbocycles. The second-order valence-electron chi connectivity index (χ2n) is 7.11. The van der Waals surface area contributed by atoms with E-state index >= 15 is 0 Å². The minimum Gasteiger partial charge on any atom is -0.341 e. The van der Waals surface area contributed by atoms with Crippen LogP contribution in [0.2, 0.25) is 10.0 Å². The quantitative estimate of drug-likeness (QED) is 0.848. The predicted molar refractivity (Wildman–Crippen MR) is 104 cm³/mol. The first-order valence-electron chi connectivity index (χ1n) is 9.20. The van der Waals surface area contributed by atoms with Crippen molar-refractivity contribution in [3.63, 3.8) is 0 Å². The second-order valence-corrected chi connectivity index (χ2v) is 7.93. The summed E-state index contributed by atoms with van der Waals surface area (Å²) in [7, 11) is 1.96. The van der Waals surface area contributed by atoms with Crippen LogP contribution in [-0.2, 0) is 4.79 Å². The van der Waals surface area contributed by atoms with Gasteiger partial charge in [0.15, 0.2) is 0 Å². The van der Waals surface area contributed by atoms with Crippen molar-refractivity contribution in [2.24, 2.45) is 5.92 Å². The Bertz CT molecular complexity index is 675. The van der Waals surface area contributed by atoms with E-state index in [-0.39, 0.29) is 17.9 Å². The molecule has 0 radical (unpaired) electrons. The van der Waals surface area contributed by atoms with E-state index in [9.17, 15) is 9.59 Å². The SMILES string of the molecule is CNCC1CCN(C(=O)C2CCCN2C(=O)c2ccc(Cl)c(Cl)c2)CC1. The lowest BCUT2D eigenvalue weighted by Crippen LogP contribution is -2.50. The summed E-state index contributed by atoms with van der Waals surface area (Å²) in [5.74, 6) is 0.560. The maximum Gasteiger partial charge on any atom is 0.254 e. The summed E-state index contributed by atoms with van der Waals surface area (Å²) >= 11 is 12.0. The molecule has 0 spiro atoms. The standard InChI is InChI=1S/C19H25Cl2N3O2/c1-22-12-13-6-9-23(10-7-13)19(26)17-3-2-8-24(17)18(25)14-4-5-15(20)16(21)11-14/h4-5,11,13,17,22H,2-3,6-10,12H2,1H3. The van der Waals surface area contributed by atoms with Gasteiger partial charge in [0.1, 0.15) is 6.04 Å². The fraction of sp³-hybridized carbons (Fsp3) is 0.579. The molecule has 26 heavy (non-hydrogen) atoms. The number of carbonyl (C=O) groups excluding carboxylic acids is 2. The minimum atomic E-state index is -0.363. The van der Waals surface area contributed by atoms with Crippen LogP contribution in [0.1, 0.15) is 36.0 Å². The number of halogens is 2. The lowest BCUT2D eigenvalue weighted by Gasteiger charge is -2.35. The molecule has 2 heterocycles. The van der Waals surface area contributed by atoms with Gasteiger partial charge in [-0.1, -0.05) is 23.2 Å². The van der Waals surface area contributed by atoms with Crippen LogP contribution in [0.25, 0.3) is 0 Å². The Morgan fingerprint density at radius 1 is 1.12 bits per heavy atom. The highest BCUT2D eigenvalue weighted by atomic mass is 35.5. The molecular formula is C19H25Cl2N3O2. The number of nitrogens with one attached hydrogen (secondary N) is 1. The number of benzene rings is 1. The van der Waals surface area contributed by atoms with Crippen LogP contribution in [0.3, 0.4) is 0 Å². The van der Waals surface area contributed by atoms with Crippen molar-refractivity contribution in [3.05, 3.63) is 33.8 Å². The number of rotatable bonds is 4. The fourth-order valence-corrected chi connectivity index (χ4v) is 4.22. The summed E-state index contributed by atoms with van der Waals surface area (Å²) < 4.78 is 0. The molecule has 2 saturated heterocycles. The number of carbonyl (C=O) groups is 2. The van der Waals surface area contributed by atoms with Crippen LogP contribution in [0.5, 0.6) is 0 Å². The molecule has 0 bridgehead atoms. The first kappa shape index (κ1) is 19.5. The summed E-state index contributed by atoms with van der Waals surface area (Å²) in [4.78, 5) is 29.5. The van der Waals surface area contributed by atoms with Gasteiger partial charge in [-0.3, -0.25) is 9.59 Å². The summed E-state index contributed by atoms with van der Waals surface area (Å²) in [6, 6.07) is 4.50. The zero-order valence-corrected chi connectivity index (χ0v) is 16.5. The third kappa shape index (κ3) is 4.16. The van der Waals surface area contributed by atoms with Gasteiger partial charge in [0.05, 0.1) is 10.0 Å². The smallest absolute Gasteiger partial charge is 0.254 e. The van der Waals surface area contributed by atoms with Gasteiger partial charge in [-0.15, -0.1) is 0 Å². The molecule has 1 aromatic rings. The topological polar surface area (TPSA) is 52.7 Å². The van der Waals surface area contributed by atoms with Crippen molar-refractivity contribution < 1.29 is 9.59 Å². The number of hydrogen-bond acceptors (Lipinski definition) is 3. The lowest BCUT2D eigenvalue weighted by molar-refractivity contribution is -0.136. The molecule has 1 unspecified atom stereocenters. The maximum atomic E-state index is 13.0. The molecule has 2 amide bonds. The average Bonchev–Trinajstić information content (AvgIpc) is 3.13. The van der Waals surface area contributed by atoms with Crippen LogP contribution in [0, 0.1) is 5.92 Å². The van der Waals surface area contributed by atoms with Crippen molar-refractivity contribution in [1.82, 2.24) is 15.1 Å². The van der Waals surface area contributed by atoms with Crippen molar-refractivity contribution in [3.8, 4) is 0 Å². The molecule has 142 valence electrons. The molecule has 0 aliphatic carbocycles. The first-order chi connectivity index (χ1) is 12.5. The molecule has 2 fully saturated rings. The summed E-state index contributed by atoms with van der Waals surface area (Å²) in [6.07, 6.45) is 3.60. The molecule has 1 atom stereocenters. The van der Waals surface area contributed by atoms with Gasteiger partial charge in [0, 0.05) is 25.2 Å². The number of amides is 2. The maximum absolute atomic E-state index is 13.0. The Kier molecular flexibility index (Phi) is 6.43. The number of likely N-dealkylation sites (tertiary alicyclic amines) is 2. The van der Waals surface area contributed by atoms with Crippen molar-refractivity contribution in [1.29, 1.82) is 0 Å². The summed E-state index contributed by atoms with van der Waals surface area (Å²) in [5.41, 5.74) is 0.479. The van der Waals surface area contributed by atoms with E-state index in [4.69, 9.17) is 23.2 Å². The van der Waals surface area contributed by atoms with Crippen molar-refractivity contribution in [2.75, 3.05) is 33.2 Å². The number of piperidine rings is 1. The largest absolute Gasteiger partial charge is 0.341 e. The normalized spacial score (nSPS) is 21.3.